The number of anilines is 1. The lowest BCUT2D eigenvalue weighted by molar-refractivity contribution is 0.135. The maximum absolute atomic E-state index is 10.7. The van der Waals surface area contributed by atoms with Gasteiger partial charge < -0.3 is 25.6 Å². The monoisotopic (exact) mass is 370 g/mol. The summed E-state index contributed by atoms with van der Waals surface area (Å²) in [5, 5.41) is 27.1. The molecule has 1 aliphatic heterocycles. The highest BCUT2D eigenvalue weighted by Gasteiger charge is 2.30. The van der Waals surface area contributed by atoms with Crippen molar-refractivity contribution in [2.75, 3.05) is 19.0 Å². The molecule has 3 rings (SSSR count). The summed E-state index contributed by atoms with van der Waals surface area (Å²) in [5.74, 6) is 1.12. The molecule has 0 amide bonds. The maximum Gasteiger partial charge on any atom is 0.138 e. The highest BCUT2D eigenvalue weighted by atomic mass is 16.5. The Balaban J connectivity index is 1.54. The standard InChI is InChI=1S/C22H30N2O3/c1-3-27-18-6-4-5-15(13-18)7-9-17-10-11-19(24-17)22(26)16-8-12-21(25)20(14-16)23-2/h4-6,8,12-14,17,19,22-26H,3,7,9-11H2,1-2H3. The third-order valence-corrected chi connectivity index (χ3v) is 5.28. The number of hydrogen-bond acceptors (Lipinski definition) is 5. The van der Waals surface area contributed by atoms with E-state index in [0.717, 1.165) is 37.0 Å². The number of phenols is 1. The summed E-state index contributed by atoms with van der Waals surface area (Å²) >= 11 is 0. The average molecular weight is 370 g/mol. The summed E-state index contributed by atoms with van der Waals surface area (Å²) < 4.78 is 5.57. The van der Waals surface area contributed by atoms with E-state index in [9.17, 15) is 10.2 Å². The highest BCUT2D eigenvalue weighted by Crippen LogP contribution is 2.31. The molecule has 1 heterocycles. The fraction of sp³-hybridized carbons (Fsp3) is 0.455. The molecular formula is C22H30N2O3. The van der Waals surface area contributed by atoms with Crippen molar-refractivity contribution in [3.05, 3.63) is 53.6 Å². The molecule has 5 nitrogen and oxygen atoms in total. The van der Waals surface area contributed by atoms with Crippen LogP contribution in [0.5, 0.6) is 11.5 Å². The van der Waals surface area contributed by atoms with Gasteiger partial charge in [-0.05, 0) is 68.0 Å². The molecule has 3 atom stereocenters. The maximum atomic E-state index is 10.7. The van der Waals surface area contributed by atoms with Crippen LogP contribution in [-0.4, -0.2) is 36.0 Å². The lowest BCUT2D eigenvalue weighted by atomic mass is 10.00. The SMILES string of the molecule is CCOc1cccc(CCC2CCC(C(O)c3ccc(O)c(NC)c3)N2)c1. The number of hydrogen-bond donors (Lipinski definition) is 4. The Labute approximate surface area is 161 Å². The Hall–Kier alpha value is -2.24. The minimum atomic E-state index is -0.580. The predicted octanol–water partition coefficient (Wildman–Crippen LogP) is 3.62. The molecule has 2 aromatic carbocycles. The van der Waals surface area contributed by atoms with Gasteiger partial charge in [0.05, 0.1) is 18.4 Å². The van der Waals surface area contributed by atoms with Crippen LogP contribution in [0.1, 0.15) is 43.4 Å². The van der Waals surface area contributed by atoms with Crippen LogP contribution in [0.2, 0.25) is 0 Å². The summed E-state index contributed by atoms with van der Waals surface area (Å²) in [4.78, 5) is 0. The molecule has 3 unspecified atom stereocenters. The quantitative estimate of drug-likeness (QED) is 0.534. The first kappa shape index (κ1) is 19.5. The van der Waals surface area contributed by atoms with Gasteiger partial charge in [0.15, 0.2) is 0 Å². The van der Waals surface area contributed by atoms with Crippen molar-refractivity contribution in [2.45, 2.75) is 50.8 Å². The molecule has 5 heteroatoms. The zero-order valence-electron chi connectivity index (χ0n) is 16.1. The smallest absolute Gasteiger partial charge is 0.138 e. The topological polar surface area (TPSA) is 73.8 Å². The summed E-state index contributed by atoms with van der Waals surface area (Å²) in [6.45, 7) is 2.67. The molecule has 2 aromatic rings. The van der Waals surface area contributed by atoms with Crippen LogP contribution in [0.3, 0.4) is 0 Å². The third kappa shape index (κ3) is 4.93. The van der Waals surface area contributed by atoms with Crippen molar-refractivity contribution in [3.8, 4) is 11.5 Å². The van der Waals surface area contributed by atoms with Gasteiger partial charge >= 0.3 is 0 Å². The van der Waals surface area contributed by atoms with Gasteiger partial charge in [0, 0.05) is 19.1 Å². The van der Waals surface area contributed by atoms with E-state index in [2.05, 4.69) is 22.8 Å². The zero-order valence-corrected chi connectivity index (χ0v) is 16.1. The molecule has 1 fully saturated rings. The molecular weight excluding hydrogens is 340 g/mol. The largest absolute Gasteiger partial charge is 0.506 e. The molecule has 0 radical (unpaired) electrons. The van der Waals surface area contributed by atoms with E-state index in [1.807, 2.05) is 25.1 Å². The second-order valence-corrected chi connectivity index (χ2v) is 7.14. The first-order valence-corrected chi connectivity index (χ1v) is 9.77. The Morgan fingerprint density at radius 3 is 2.85 bits per heavy atom. The van der Waals surface area contributed by atoms with Crippen LogP contribution in [0, 0.1) is 0 Å². The van der Waals surface area contributed by atoms with Gasteiger partial charge in [-0.2, -0.15) is 0 Å². The number of aliphatic hydroxyl groups is 1. The van der Waals surface area contributed by atoms with E-state index < -0.39 is 6.10 Å². The molecule has 1 aliphatic rings. The molecule has 1 saturated heterocycles. The first-order valence-electron chi connectivity index (χ1n) is 9.77. The summed E-state index contributed by atoms with van der Waals surface area (Å²) in [7, 11) is 1.76. The van der Waals surface area contributed by atoms with E-state index in [4.69, 9.17) is 4.74 Å². The van der Waals surface area contributed by atoms with Crippen LogP contribution in [0.15, 0.2) is 42.5 Å². The van der Waals surface area contributed by atoms with E-state index in [1.54, 1.807) is 19.2 Å². The lowest BCUT2D eigenvalue weighted by Gasteiger charge is -2.21. The van der Waals surface area contributed by atoms with Crippen LogP contribution < -0.4 is 15.4 Å². The number of benzene rings is 2. The number of nitrogens with one attached hydrogen (secondary N) is 2. The van der Waals surface area contributed by atoms with E-state index >= 15 is 0 Å². The summed E-state index contributed by atoms with van der Waals surface area (Å²) in [6, 6.07) is 14.0. The first-order chi connectivity index (χ1) is 13.1. The van der Waals surface area contributed by atoms with Gasteiger partial charge in [-0.15, -0.1) is 0 Å². The molecule has 0 bridgehead atoms. The van der Waals surface area contributed by atoms with Gasteiger partial charge in [-0.1, -0.05) is 18.2 Å². The second-order valence-electron chi connectivity index (χ2n) is 7.14. The fourth-order valence-corrected chi connectivity index (χ4v) is 3.80. The molecule has 27 heavy (non-hydrogen) atoms. The number of rotatable bonds is 8. The van der Waals surface area contributed by atoms with Crippen molar-refractivity contribution in [2.24, 2.45) is 0 Å². The van der Waals surface area contributed by atoms with Crippen molar-refractivity contribution >= 4 is 5.69 Å². The highest BCUT2D eigenvalue weighted by molar-refractivity contribution is 5.57. The number of ether oxygens (including phenoxy) is 1. The van der Waals surface area contributed by atoms with Crippen molar-refractivity contribution < 1.29 is 14.9 Å². The molecule has 0 aliphatic carbocycles. The van der Waals surface area contributed by atoms with E-state index in [-0.39, 0.29) is 11.8 Å². The molecule has 4 N–H and O–H groups in total. The van der Waals surface area contributed by atoms with Gasteiger partial charge in [-0.25, -0.2) is 0 Å². The molecule has 146 valence electrons. The number of aryl methyl sites for hydroxylation is 1. The zero-order chi connectivity index (χ0) is 19.2. The summed E-state index contributed by atoms with van der Waals surface area (Å²) in [6.07, 6.45) is 3.45. The van der Waals surface area contributed by atoms with Gasteiger partial charge in [-0.3, -0.25) is 0 Å². The van der Waals surface area contributed by atoms with E-state index in [0.29, 0.717) is 18.3 Å². The van der Waals surface area contributed by atoms with Crippen molar-refractivity contribution in [1.29, 1.82) is 0 Å². The number of phenolic OH excluding ortho intramolecular Hbond substituents is 1. The van der Waals surface area contributed by atoms with Gasteiger partial charge in [0.2, 0.25) is 0 Å². The van der Waals surface area contributed by atoms with Gasteiger partial charge in [0.25, 0.3) is 0 Å². The van der Waals surface area contributed by atoms with Gasteiger partial charge in [0.1, 0.15) is 11.5 Å². The summed E-state index contributed by atoms with van der Waals surface area (Å²) in [5.41, 5.74) is 2.74. The minimum absolute atomic E-state index is 0.0407. The van der Waals surface area contributed by atoms with Crippen LogP contribution in [-0.2, 0) is 6.42 Å². The van der Waals surface area contributed by atoms with Crippen molar-refractivity contribution in [3.63, 3.8) is 0 Å². The number of aromatic hydroxyl groups is 1. The fourth-order valence-electron chi connectivity index (χ4n) is 3.80. The Kier molecular flexibility index (Phi) is 6.58. The Morgan fingerprint density at radius 1 is 1.22 bits per heavy atom. The molecule has 0 aromatic heterocycles. The molecule has 0 saturated carbocycles. The lowest BCUT2D eigenvalue weighted by Crippen LogP contribution is -2.34. The Bertz CT molecular complexity index is 750. The predicted molar refractivity (Wildman–Crippen MR) is 108 cm³/mol. The van der Waals surface area contributed by atoms with E-state index in [1.165, 1.54) is 5.56 Å². The minimum Gasteiger partial charge on any atom is -0.506 e. The molecule has 0 spiro atoms. The number of aliphatic hydroxyl groups excluding tert-OH is 1. The van der Waals surface area contributed by atoms with Crippen LogP contribution in [0.25, 0.3) is 0 Å². The van der Waals surface area contributed by atoms with Crippen molar-refractivity contribution in [1.82, 2.24) is 5.32 Å². The Morgan fingerprint density at radius 2 is 2.07 bits per heavy atom. The van der Waals surface area contributed by atoms with Crippen LogP contribution >= 0.6 is 0 Å². The average Bonchev–Trinajstić information content (AvgIpc) is 3.16. The normalized spacial score (nSPS) is 20.4. The third-order valence-electron chi connectivity index (χ3n) is 5.28. The second kappa shape index (κ2) is 9.11. The van der Waals surface area contributed by atoms with Crippen LogP contribution in [0.4, 0.5) is 5.69 Å².